The highest BCUT2D eigenvalue weighted by Crippen LogP contribution is 2.43. The summed E-state index contributed by atoms with van der Waals surface area (Å²) in [6.45, 7) is 0. The van der Waals surface area contributed by atoms with Crippen molar-refractivity contribution in [3.63, 3.8) is 0 Å². The fourth-order valence-corrected chi connectivity index (χ4v) is 7.60. The van der Waals surface area contributed by atoms with E-state index >= 15 is 0 Å². The molecule has 0 amide bonds. The molecule has 0 saturated carbocycles. The SMILES string of the molecule is c1ccc(-c2cccc3ccc(N(c4ccccc4)c4ccc5c(c4)oc4cccc(-n6c7ccccc7c7ccccc76)c45)cc23)cc1. The van der Waals surface area contributed by atoms with Crippen LogP contribution in [0.5, 0.6) is 0 Å². The summed E-state index contributed by atoms with van der Waals surface area (Å²) in [5.74, 6) is 0. The summed E-state index contributed by atoms with van der Waals surface area (Å²) in [5, 5.41) is 7.12. The first-order valence-electron chi connectivity index (χ1n) is 16.7. The Balaban J connectivity index is 1.18. The molecule has 0 N–H and O–H groups in total. The molecule has 0 unspecified atom stereocenters. The Hall–Kier alpha value is -6.58. The van der Waals surface area contributed by atoms with E-state index in [2.05, 4.69) is 191 Å². The topological polar surface area (TPSA) is 21.3 Å². The molecule has 0 aliphatic heterocycles. The maximum absolute atomic E-state index is 6.69. The lowest BCUT2D eigenvalue weighted by Gasteiger charge is -2.26. The Morgan fingerprint density at radius 1 is 0.408 bits per heavy atom. The van der Waals surface area contributed by atoms with Gasteiger partial charge in [-0.25, -0.2) is 0 Å². The van der Waals surface area contributed by atoms with Crippen molar-refractivity contribution in [2.75, 3.05) is 4.90 Å². The zero-order valence-electron chi connectivity index (χ0n) is 26.6. The van der Waals surface area contributed by atoms with E-state index in [0.717, 1.165) is 44.7 Å². The van der Waals surface area contributed by atoms with Crippen molar-refractivity contribution in [1.82, 2.24) is 4.57 Å². The third-order valence-corrected chi connectivity index (χ3v) is 9.76. The zero-order chi connectivity index (χ0) is 32.3. The highest BCUT2D eigenvalue weighted by molar-refractivity contribution is 6.15. The number of anilines is 3. The molecule has 3 nitrogen and oxygen atoms in total. The molecule has 0 fully saturated rings. The highest BCUT2D eigenvalue weighted by Gasteiger charge is 2.20. The Morgan fingerprint density at radius 3 is 1.84 bits per heavy atom. The van der Waals surface area contributed by atoms with Gasteiger partial charge >= 0.3 is 0 Å². The van der Waals surface area contributed by atoms with Crippen LogP contribution in [0.15, 0.2) is 186 Å². The minimum atomic E-state index is 0.854. The van der Waals surface area contributed by atoms with E-state index in [1.54, 1.807) is 0 Å². The normalized spacial score (nSPS) is 11.7. The minimum absolute atomic E-state index is 0.854. The van der Waals surface area contributed by atoms with Gasteiger partial charge in [0.15, 0.2) is 0 Å². The van der Waals surface area contributed by atoms with Crippen LogP contribution in [0.4, 0.5) is 17.1 Å². The summed E-state index contributed by atoms with van der Waals surface area (Å²) in [6.07, 6.45) is 0. The van der Waals surface area contributed by atoms with Crippen molar-refractivity contribution in [3.8, 4) is 16.8 Å². The Morgan fingerprint density at radius 2 is 1.06 bits per heavy atom. The molecule has 49 heavy (non-hydrogen) atoms. The largest absolute Gasteiger partial charge is 0.456 e. The van der Waals surface area contributed by atoms with Gasteiger partial charge in [-0.1, -0.05) is 115 Å². The van der Waals surface area contributed by atoms with Crippen LogP contribution in [0.2, 0.25) is 0 Å². The lowest BCUT2D eigenvalue weighted by Crippen LogP contribution is -2.09. The Bertz CT molecular complexity index is 2770. The first-order valence-corrected chi connectivity index (χ1v) is 16.7. The van der Waals surface area contributed by atoms with Crippen LogP contribution < -0.4 is 4.90 Å². The van der Waals surface area contributed by atoms with Gasteiger partial charge in [-0.2, -0.15) is 0 Å². The van der Waals surface area contributed by atoms with E-state index in [1.165, 1.54) is 43.7 Å². The van der Waals surface area contributed by atoms with Gasteiger partial charge in [0.2, 0.25) is 0 Å². The third kappa shape index (κ3) is 4.37. The first-order chi connectivity index (χ1) is 24.3. The molecule has 0 radical (unpaired) electrons. The molecule has 10 aromatic rings. The molecule has 10 rings (SSSR count). The monoisotopic (exact) mass is 626 g/mol. The number of nitrogens with zero attached hydrogens (tertiary/aromatic N) is 2. The molecule has 3 heteroatoms. The Labute approximate surface area is 283 Å². The predicted octanol–water partition coefficient (Wildman–Crippen LogP) is 13.0. The van der Waals surface area contributed by atoms with Gasteiger partial charge in [-0.15, -0.1) is 0 Å². The van der Waals surface area contributed by atoms with Crippen LogP contribution in [-0.2, 0) is 0 Å². The van der Waals surface area contributed by atoms with Crippen LogP contribution in [0.1, 0.15) is 0 Å². The maximum atomic E-state index is 6.69. The van der Waals surface area contributed by atoms with E-state index in [1.807, 2.05) is 0 Å². The molecule has 8 aromatic carbocycles. The fourth-order valence-electron chi connectivity index (χ4n) is 7.60. The molecule has 0 aliphatic rings. The van der Waals surface area contributed by atoms with Gasteiger partial charge in [0.25, 0.3) is 0 Å². The molecule has 230 valence electrons. The Kier molecular flexibility index (Phi) is 6.18. The number of hydrogen-bond acceptors (Lipinski definition) is 2. The van der Waals surface area contributed by atoms with E-state index in [9.17, 15) is 0 Å². The smallest absolute Gasteiger partial charge is 0.137 e. The van der Waals surface area contributed by atoms with Crippen LogP contribution in [0.3, 0.4) is 0 Å². The quantitative estimate of drug-likeness (QED) is 0.190. The molecular formula is C46H30N2O. The second-order valence-corrected chi connectivity index (χ2v) is 12.6. The number of hydrogen-bond donors (Lipinski definition) is 0. The van der Waals surface area contributed by atoms with Gasteiger partial charge in [0.05, 0.1) is 22.1 Å². The minimum Gasteiger partial charge on any atom is -0.456 e. The summed E-state index contributed by atoms with van der Waals surface area (Å²) >= 11 is 0. The van der Waals surface area contributed by atoms with Crippen LogP contribution in [0.25, 0.3) is 71.3 Å². The van der Waals surface area contributed by atoms with Crippen LogP contribution in [0, 0.1) is 0 Å². The maximum Gasteiger partial charge on any atom is 0.137 e. The molecule has 0 aliphatic carbocycles. The number of fused-ring (bicyclic) bond motifs is 7. The number of furan rings is 1. The van der Waals surface area contributed by atoms with Crippen molar-refractivity contribution in [2.24, 2.45) is 0 Å². The van der Waals surface area contributed by atoms with Gasteiger partial charge in [-0.3, -0.25) is 0 Å². The van der Waals surface area contributed by atoms with Gasteiger partial charge < -0.3 is 13.9 Å². The average molecular weight is 627 g/mol. The van der Waals surface area contributed by atoms with Crippen molar-refractivity contribution in [3.05, 3.63) is 182 Å². The number of rotatable bonds is 5. The van der Waals surface area contributed by atoms with Crippen molar-refractivity contribution in [2.45, 2.75) is 0 Å². The first kappa shape index (κ1) is 27.5. The summed E-state index contributed by atoms with van der Waals surface area (Å²) in [7, 11) is 0. The van der Waals surface area contributed by atoms with E-state index in [4.69, 9.17) is 4.42 Å². The summed E-state index contributed by atoms with van der Waals surface area (Å²) < 4.78 is 9.07. The third-order valence-electron chi connectivity index (χ3n) is 9.76. The summed E-state index contributed by atoms with van der Waals surface area (Å²) in [6, 6.07) is 64.8. The van der Waals surface area contributed by atoms with E-state index in [-0.39, 0.29) is 0 Å². The summed E-state index contributed by atoms with van der Waals surface area (Å²) in [5.41, 5.74) is 10.8. The number of benzene rings is 8. The second-order valence-electron chi connectivity index (χ2n) is 12.6. The molecule has 0 bridgehead atoms. The van der Waals surface area contributed by atoms with Gasteiger partial charge in [0.1, 0.15) is 11.2 Å². The highest BCUT2D eigenvalue weighted by atomic mass is 16.3. The average Bonchev–Trinajstić information content (AvgIpc) is 3.71. The van der Waals surface area contributed by atoms with Gasteiger partial charge in [-0.05, 0) is 82.6 Å². The number of para-hydroxylation sites is 3. The second kappa shape index (κ2) is 11.0. The molecular weight excluding hydrogens is 597 g/mol. The molecule has 0 atom stereocenters. The lowest BCUT2D eigenvalue weighted by atomic mass is 9.97. The standard InChI is InChI=1S/C46H30N2O/c1-3-13-31(14-4-1)36-20-11-15-32-25-26-34(29-40(32)36)47(33-16-5-2-6-17-33)35-27-28-39-45(30-35)49-44-24-12-23-43(46(39)44)48-41-21-9-7-18-37(41)38-19-8-10-22-42(38)48/h1-30H. The van der Waals surface area contributed by atoms with Crippen LogP contribution in [-0.4, -0.2) is 4.57 Å². The van der Waals surface area contributed by atoms with Crippen molar-refractivity contribution >= 4 is 71.6 Å². The fraction of sp³-hybridized carbons (Fsp3) is 0. The lowest BCUT2D eigenvalue weighted by molar-refractivity contribution is 0.669. The molecule has 0 spiro atoms. The van der Waals surface area contributed by atoms with E-state index < -0.39 is 0 Å². The van der Waals surface area contributed by atoms with Crippen LogP contribution >= 0.6 is 0 Å². The van der Waals surface area contributed by atoms with Crippen molar-refractivity contribution in [1.29, 1.82) is 0 Å². The zero-order valence-corrected chi connectivity index (χ0v) is 26.6. The number of aromatic nitrogens is 1. The predicted molar refractivity (Wildman–Crippen MR) is 206 cm³/mol. The van der Waals surface area contributed by atoms with Crippen molar-refractivity contribution < 1.29 is 4.42 Å². The van der Waals surface area contributed by atoms with Gasteiger partial charge in [0, 0.05) is 39.3 Å². The molecule has 2 heterocycles. The summed E-state index contributed by atoms with van der Waals surface area (Å²) in [4.78, 5) is 2.32. The molecule has 0 saturated heterocycles. The van der Waals surface area contributed by atoms with E-state index in [0.29, 0.717) is 0 Å². The molecule has 2 aromatic heterocycles.